The smallest absolute Gasteiger partial charge is 0.220 e. The van der Waals surface area contributed by atoms with E-state index in [-0.39, 0.29) is 13.2 Å². The maximum Gasteiger partial charge on any atom is 0.220 e. The van der Waals surface area contributed by atoms with Crippen LogP contribution in [0.15, 0.2) is 30.3 Å². The molecule has 0 fully saturated rings. The standard InChI is InChI=1S/C15H19N3O4/c1-21-13-7-14(22-2)18-15(17-13)10-3-5-11(6-4-10)16-8-12(20)9-19/h3-7,12,16,19-20H,8-9H2,1-2H3. The summed E-state index contributed by atoms with van der Waals surface area (Å²) in [6.45, 7) is 0.00184. The Morgan fingerprint density at radius 3 is 2.18 bits per heavy atom. The summed E-state index contributed by atoms with van der Waals surface area (Å²) in [5, 5.41) is 21.1. The van der Waals surface area contributed by atoms with Crippen molar-refractivity contribution in [1.82, 2.24) is 9.97 Å². The van der Waals surface area contributed by atoms with Gasteiger partial charge >= 0.3 is 0 Å². The molecule has 118 valence electrons. The maximum absolute atomic E-state index is 9.31. The van der Waals surface area contributed by atoms with Gasteiger partial charge in [-0.1, -0.05) is 0 Å². The van der Waals surface area contributed by atoms with E-state index in [9.17, 15) is 5.11 Å². The minimum Gasteiger partial charge on any atom is -0.481 e. The van der Waals surface area contributed by atoms with Gasteiger partial charge in [0.2, 0.25) is 11.8 Å². The summed E-state index contributed by atoms with van der Waals surface area (Å²) in [4.78, 5) is 8.56. The molecule has 1 heterocycles. The molecule has 0 spiro atoms. The molecule has 2 aromatic rings. The van der Waals surface area contributed by atoms with Gasteiger partial charge in [-0.2, -0.15) is 9.97 Å². The summed E-state index contributed by atoms with van der Waals surface area (Å²) in [6, 6.07) is 8.99. The van der Waals surface area contributed by atoms with Crippen molar-refractivity contribution in [2.24, 2.45) is 0 Å². The second kappa shape index (κ2) is 7.58. The molecule has 7 heteroatoms. The van der Waals surface area contributed by atoms with Crippen LogP contribution in [-0.2, 0) is 0 Å². The molecular weight excluding hydrogens is 286 g/mol. The molecule has 22 heavy (non-hydrogen) atoms. The molecule has 0 saturated heterocycles. The Balaban J connectivity index is 2.16. The Kier molecular flexibility index (Phi) is 5.51. The number of nitrogens with one attached hydrogen (secondary N) is 1. The fourth-order valence-electron chi connectivity index (χ4n) is 1.78. The van der Waals surface area contributed by atoms with E-state index < -0.39 is 6.10 Å². The van der Waals surface area contributed by atoms with Gasteiger partial charge in [-0.3, -0.25) is 0 Å². The number of aliphatic hydroxyl groups excluding tert-OH is 2. The molecule has 0 aliphatic carbocycles. The van der Waals surface area contributed by atoms with Crippen molar-refractivity contribution in [2.45, 2.75) is 6.10 Å². The van der Waals surface area contributed by atoms with E-state index in [2.05, 4.69) is 15.3 Å². The normalized spacial score (nSPS) is 11.8. The number of aromatic nitrogens is 2. The molecule has 0 bridgehead atoms. The molecule has 1 aromatic carbocycles. The number of rotatable bonds is 7. The van der Waals surface area contributed by atoms with Crippen molar-refractivity contribution in [3.8, 4) is 23.1 Å². The van der Waals surface area contributed by atoms with Crippen LogP contribution < -0.4 is 14.8 Å². The number of methoxy groups -OCH3 is 2. The highest BCUT2D eigenvalue weighted by Gasteiger charge is 2.08. The zero-order valence-corrected chi connectivity index (χ0v) is 12.5. The lowest BCUT2D eigenvalue weighted by atomic mass is 10.2. The molecule has 7 nitrogen and oxygen atoms in total. The van der Waals surface area contributed by atoms with Gasteiger partial charge in [-0.05, 0) is 24.3 Å². The first-order valence-electron chi connectivity index (χ1n) is 6.76. The van der Waals surface area contributed by atoms with Gasteiger partial charge in [0.25, 0.3) is 0 Å². The molecule has 0 amide bonds. The van der Waals surface area contributed by atoms with Crippen molar-refractivity contribution in [3.05, 3.63) is 30.3 Å². The number of benzene rings is 1. The van der Waals surface area contributed by atoms with Crippen LogP contribution in [-0.4, -0.2) is 53.7 Å². The van der Waals surface area contributed by atoms with E-state index in [4.69, 9.17) is 14.6 Å². The van der Waals surface area contributed by atoms with Gasteiger partial charge in [0.1, 0.15) is 0 Å². The first-order chi connectivity index (χ1) is 10.7. The molecule has 0 radical (unpaired) electrons. The Labute approximate surface area is 128 Å². The highest BCUT2D eigenvalue weighted by Crippen LogP contribution is 2.23. The van der Waals surface area contributed by atoms with Crippen LogP contribution in [0.25, 0.3) is 11.4 Å². The number of hydrogen-bond acceptors (Lipinski definition) is 7. The Morgan fingerprint density at radius 2 is 1.68 bits per heavy atom. The fourth-order valence-corrected chi connectivity index (χ4v) is 1.78. The van der Waals surface area contributed by atoms with E-state index >= 15 is 0 Å². The lowest BCUT2D eigenvalue weighted by Gasteiger charge is -2.11. The van der Waals surface area contributed by atoms with E-state index in [1.807, 2.05) is 24.3 Å². The molecule has 2 rings (SSSR count). The third kappa shape index (κ3) is 4.06. The fraction of sp³-hybridized carbons (Fsp3) is 0.333. The predicted molar refractivity (Wildman–Crippen MR) is 82.2 cm³/mol. The van der Waals surface area contributed by atoms with Crippen LogP contribution in [0.2, 0.25) is 0 Å². The lowest BCUT2D eigenvalue weighted by molar-refractivity contribution is 0.105. The SMILES string of the molecule is COc1cc(OC)nc(-c2ccc(NCC(O)CO)cc2)n1. The van der Waals surface area contributed by atoms with E-state index in [1.54, 1.807) is 6.07 Å². The van der Waals surface area contributed by atoms with Crippen molar-refractivity contribution in [2.75, 3.05) is 32.7 Å². The number of anilines is 1. The minimum absolute atomic E-state index is 0.275. The van der Waals surface area contributed by atoms with Crippen LogP contribution in [0.5, 0.6) is 11.8 Å². The summed E-state index contributed by atoms with van der Waals surface area (Å²) >= 11 is 0. The second-order valence-electron chi connectivity index (χ2n) is 4.57. The van der Waals surface area contributed by atoms with Crippen LogP contribution >= 0.6 is 0 Å². The highest BCUT2D eigenvalue weighted by molar-refractivity contribution is 5.60. The average Bonchev–Trinajstić information content (AvgIpc) is 2.59. The summed E-state index contributed by atoms with van der Waals surface area (Å²) in [6.07, 6.45) is -0.786. The second-order valence-corrected chi connectivity index (χ2v) is 4.57. The summed E-state index contributed by atoms with van der Waals surface area (Å²) < 4.78 is 10.2. The number of nitrogens with zero attached hydrogens (tertiary/aromatic N) is 2. The van der Waals surface area contributed by atoms with Crippen LogP contribution in [0.4, 0.5) is 5.69 Å². The summed E-state index contributed by atoms with van der Waals surface area (Å²) in [5.74, 6) is 1.35. The Morgan fingerprint density at radius 1 is 1.09 bits per heavy atom. The Bertz CT molecular complexity index is 582. The molecule has 1 unspecified atom stereocenters. The third-order valence-corrected chi connectivity index (χ3v) is 2.99. The lowest BCUT2D eigenvalue weighted by Crippen LogP contribution is -2.22. The number of ether oxygens (including phenoxy) is 2. The minimum atomic E-state index is -0.786. The molecule has 0 saturated carbocycles. The molecule has 0 aliphatic rings. The molecule has 3 N–H and O–H groups in total. The number of aliphatic hydroxyl groups is 2. The highest BCUT2D eigenvalue weighted by atomic mass is 16.5. The van der Waals surface area contributed by atoms with Gasteiger partial charge in [0, 0.05) is 17.8 Å². The predicted octanol–water partition coefficient (Wildman–Crippen LogP) is 0.926. The molecular formula is C15H19N3O4. The zero-order chi connectivity index (χ0) is 15.9. The van der Waals surface area contributed by atoms with Crippen LogP contribution in [0, 0.1) is 0 Å². The van der Waals surface area contributed by atoms with Crippen LogP contribution in [0.1, 0.15) is 0 Å². The largest absolute Gasteiger partial charge is 0.481 e. The van der Waals surface area contributed by atoms with Crippen molar-refractivity contribution < 1.29 is 19.7 Å². The van der Waals surface area contributed by atoms with Gasteiger partial charge in [-0.25, -0.2) is 0 Å². The zero-order valence-electron chi connectivity index (χ0n) is 12.5. The molecule has 0 aliphatic heterocycles. The topological polar surface area (TPSA) is 96.7 Å². The van der Waals surface area contributed by atoms with E-state index in [1.165, 1.54) is 14.2 Å². The first kappa shape index (κ1) is 16.0. The quantitative estimate of drug-likeness (QED) is 0.700. The van der Waals surface area contributed by atoms with E-state index in [0.717, 1.165) is 11.3 Å². The van der Waals surface area contributed by atoms with E-state index in [0.29, 0.717) is 17.6 Å². The van der Waals surface area contributed by atoms with Crippen molar-refractivity contribution in [1.29, 1.82) is 0 Å². The van der Waals surface area contributed by atoms with Gasteiger partial charge in [0.15, 0.2) is 5.82 Å². The number of hydrogen-bond donors (Lipinski definition) is 3. The molecule has 1 aromatic heterocycles. The monoisotopic (exact) mass is 305 g/mol. The van der Waals surface area contributed by atoms with Crippen LogP contribution in [0.3, 0.4) is 0 Å². The van der Waals surface area contributed by atoms with Gasteiger partial charge in [0.05, 0.1) is 33.0 Å². The summed E-state index contributed by atoms with van der Waals surface area (Å²) in [5.41, 5.74) is 1.64. The van der Waals surface area contributed by atoms with Crippen molar-refractivity contribution >= 4 is 5.69 Å². The summed E-state index contributed by atoms with van der Waals surface area (Å²) in [7, 11) is 3.07. The third-order valence-electron chi connectivity index (χ3n) is 2.99. The van der Waals surface area contributed by atoms with Gasteiger partial charge in [-0.15, -0.1) is 0 Å². The van der Waals surface area contributed by atoms with Crippen molar-refractivity contribution in [3.63, 3.8) is 0 Å². The average molecular weight is 305 g/mol. The van der Waals surface area contributed by atoms with Gasteiger partial charge < -0.3 is 25.0 Å². The molecule has 1 atom stereocenters. The first-order valence-corrected chi connectivity index (χ1v) is 6.76. The maximum atomic E-state index is 9.31. The Hall–Kier alpha value is -2.38.